The second-order valence-corrected chi connectivity index (χ2v) is 6.03. The minimum Gasteiger partial charge on any atom is -0.368 e. The van der Waals surface area contributed by atoms with Crippen LogP contribution in [0.5, 0.6) is 0 Å². The van der Waals surface area contributed by atoms with Crippen molar-refractivity contribution in [3.8, 4) is 0 Å². The molecule has 1 saturated heterocycles. The Balaban J connectivity index is 1.54. The van der Waals surface area contributed by atoms with Gasteiger partial charge in [0.2, 0.25) is 11.8 Å². The first kappa shape index (κ1) is 16.5. The van der Waals surface area contributed by atoms with Gasteiger partial charge < -0.3 is 14.2 Å². The lowest BCUT2D eigenvalue weighted by molar-refractivity contribution is -0.139. The van der Waals surface area contributed by atoms with Gasteiger partial charge in [0.25, 0.3) is 0 Å². The van der Waals surface area contributed by atoms with Crippen LogP contribution in [0, 0.1) is 0 Å². The van der Waals surface area contributed by atoms with E-state index in [2.05, 4.69) is 20.1 Å². The van der Waals surface area contributed by atoms with Crippen LogP contribution in [-0.4, -0.2) is 50.6 Å². The lowest BCUT2D eigenvalue weighted by Gasteiger charge is -2.32. The van der Waals surface area contributed by atoms with Gasteiger partial charge in [0.1, 0.15) is 6.10 Å². The molecule has 24 heavy (non-hydrogen) atoms. The number of carbonyl (C=O) groups excluding carboxylic acids is 1. The number of aromatic nitrogens is 4. The summed E-state index contributed by atoms with van der Waals surface area (Å²) in [5.74, 6) is 1.44. The normalized spacial score (nSPS) is 18.1. The summed E-state index contributed by atoms with van der Waals surface area (Å²) in [6, 6.07) is 0. The summed E-state index contributed by atoms with van der Waals surface area (Å²) >= 11 is 0. The minimum absolute atomic E-state index is 0.0523. The molecule has 0 bridgehead atoms. The molecule has 8 nitrogen and oxygen atoms in total. The zero-order chi connectivity index (χ0) is 16.9. The standard InChI is InChI=1S/C16H21N5O3/c1-11(2)16-19-14(24-20-16)3-4-15(22)21-7-8-23-13(10-21)12-9-17-5-6-18-12/h5-6,9,11,13H,3-4,7-8,10H2,1-2H3/t13-/m1/s1. The minimum atomic E-state index is -0.229. The van der Waals surface area contributed by atoms with Crippen LogP contribution >= 0.6 is 0 Å². The van der Waals surface area contributed by atoms with Gasteiger partial charge >= 0.3 is 0 Å². The van der Waals surface area contributed by atoms with E-state index >= 15 is 0 Å². The Morgan fingerprint density at radius 2 is 2.29 bits per heavy atom. The Hall–Kier alpha value is -2.35. The van der Waals surface area contributed by atoms with Crippen LogP contribution in [0.25, 0.3) is 0 Å². The molecule has 128 valence electrons. The highest BCUT2D eigenvalue weighted by molar-refractivity contribution is 5.76. The Labute approximate surface area is 140 Å². The molecule has 3 heterocycles. The molecule has 1 atom stereocenters. The van der Waals surface area contributed by atoms with Gasteiger partial charge in [0.15, 0.2) is 5.82 Å². The maximum absolute atomic E-state index is 12.4. The van der Waals surface area contributed by atoms with Crippen LogP contribution in [0.1, 0.15) is 49.7 Å². The van der Waals surface area contributed by atoms with E-state index in [1.54, 1.807) is 23.5 Å². The van der Waals surface area contributed by atoms with E-state index in [0.717, 1.165) is 5.69 Å². The van der Waals surface area contributed by atoms with Gasteiger partial charge in [0.05, 0.1) is 25.0 Å². The third kappa shape index (κ3) is 3.94. The first-order chi connectivity index (χ1) is 11.6. The van der Waals surface area contributed by atoms with Crippen molar-refractivity contribution < 1.29 is 14.1 Å². The molecule has 8 heteroatoms. The second kappa shape index (κ2) is 7.48. The van der Waals surface area contributed by atoms with Gasteiger partial charge in [-0.05, 0) is 0 Å². The van der Waals surface area contributed by atoms with Crippen molar-refractivity contribution in [2.24, 2.45) is 0 Å². The highest BCUT2D eigenvalue weighted by atomic mass is 16.5. The molecule has 0 saturated carbocycles. The second-order valence-electron chi connectivity index (χ2n) is 6.03. The highest BCUT2D eigenvalue weighted by Crippen LogP contribution is 2.20. The average molecular weight is 331 g/mol. The topological polar surface area (TPSA) is 94.2 Å². The van der Waals surface area contributed by atoms with Crippen LogP contribution in [0.3, 0.4) is 0 Å². The number of morpholine rings is 1. The van der Waals surface area contributed by atoms with Crippen LogP contribution in [0.15, 0.2) is 23.1 Å². The first-order valence-electron chi connectivity index (χ1n) is 8.11. The number of hydrogen-bond donors (Lipinski definition) is 0. The molecule has 2 aromatic rings. The van der Waals surface area contributed by atoms with E-state index in [4.69, 9.17) is 9.26 Å². The van der Waals surface area contributed by atoms with Crippen LogP contribution in [-0.2, 0) is 16.0 Å². The number of nitrogens with zero attached hydrogens (tertiary/aromatic N) is 5. The van der Waals surface area contributed by atoms with Crippen molar-refractivity contribution in [3.63, 3.8) is 0 Å². The molecule has 0 aliphatic carbocycles. The van der Waals surface area contributed by atoms with E-state index in [1.165, 1.54) is 0 Å². The zero-order valence-electron chi connectivity index (χ0n) is 13.9. The lowest BCUT2D eigenvalue weighted by atomic mass is 10.2. The molecule has 0 radical (unpaired) electrons. The Bertz CT molecular complexity index is 673. The molecule has 0 N–H and O–H groups in total. The molecular formula is C16H21N5O3. The monoisotopic (exact) mass is 331 g/mol. The molecule has 1 aliphatic rings. The van der Waals surface area contributed by atoms with Crippen LogP contribution < -0.4 is 0 Å². The van der Waals surface area contributed by atoms with E-state index in [-0.39, 0.29) is 17.9 Å². The summed E-state index contributed by atoms with van der Waals surface area (Å²) in [7, 11) is 0. The third-order valence-electron chi connectivity index (χ3n) is 3.89. The quantitative estimate of drug-likeness (QED) is 0.819. The molecule has 2 aromatic heterocycles. The molecule has 0 unspecified atom stereocenters. The van der Waals surface area contributed by atoms with Crippen molar-refractivity contribution in [1.82, 2.24) is 25.0 Å². The molecular weight excluding hydrogens is 310 g/mol. The molecule has 1 fully saturated rings. The number of rotatable bonds is 5. The summed E-state index contributed by atoms with van der Waals surface area (Å²) in [6.07, 6.45) is 5.47. The smallest absolute Gasteiger partial charge is 0.227 e. The van der Waals surface area contributed by atoms with Gasteiger partial charge in [-0.25, -0.2) is 0 Å². The Kier molecular flexibility index (Phi) is 5.14. The molecule has 1 amide bonds. The lowest BCUT2D eigenvalue weighted by Crippen LogP contribution is -2.42. The molecule has 0 aromatic carbocycles. The summed E-state index contributed by atoms with van der Waals surface area (Å²) in [6.45, 7) is 5.56. The average Bonchev–Trinajstić information content (AvgIpc) is 3.10. The van der Waals surface area contributed by atoms with Crippen molar-refractivity contribution in [1.29, 1.82) is 0 Å². The zero-order valence-corrected chi connectivity index (χ0v) is 13.9. The van der Waals surface area contributed by atoms with Gasteiger partial charge in [-0.1, -0.05) is 19.0 Å². The van der Waals surface area contributed by atoms with Gasteiger partial charge in [-0.15, -0.1) is 0 Å². The fourth-order valence-electron chi connectivity index (χ4n) is 2.51. The number of hydrogen-bond acceptors (Lipinski definition) is 7. The summed E-state index contributed by atoms with van der Waals surface area (Å²) in [4.78, 5) is 26.8. The fourth-order valence-corrected chi connectivity index (χ4v) is 2.51. The summed E-state index contributed by atoms with van der Waals surface area (Å²) in [5, 5.41) is 3.91. The van der Waals surface area contributed by atoms with E-state index in [1.807, 2.05) is 13.8 Å². The predicted molar refractivity (Wildman–Crippen MR) is 84.0 cm³/mol. The van der Waals surface area contributed by atoms with Gasteiger partial charge in [-0.2, -0.15) is 4.98 Å². The number of ether oxygens (including phenoxy) is 1. The Morgan fingerprint density at radius 1 is 1.42 bits per heavy atom. The molecule has 0 spiro atoms. The maximum atomic E-state index is 12.4. The van der Waals surface area contributed by atoms with E-state index in [9.17, 15) is 4.79 Å². The number of carbonyl (C=O) groups is 1. The molecule has 1 aliphatic heterocycles. The number of amides is 1. The highest BCUT2D eigenvalue weighted by Gasteiger charge is 2.26. The molecule has 3 rings (SSSR count). The van der Waals surface area contributed by atoms with Gasteiger partial charge in [-0.3, -0.25) is 14.8 Å². The van der Waals surface area contributed by atoms with E-state index in [0.29, 0.717) is 44.3 Å². The predicted octanol–water partition coefficient (Wildman–Crippen LogP) is 1.52. The maximum Gasteiger partial charge on any atom is 0.227 e. The van der Waals surface area contributed by atoms with Crippen molar-refractivity contribution in [3.05, 3.63) is 36.0 Å². The fraction of sp³-hybridized carbons (Fsp3) is 0.562. The third-order valence-corrected chi connectivity index (χ3v) is 3.89. The summed E-state index contributed by atoms with van der Waals surface area (Å²) in [5.41, 5.74) is 0.744. The van der Waals surface area contributed by atoms with Crippen LogP contribution in [0.2, 0.25) is 0 Å². The Morgan fingerprint density at radius 3 is 3.00 bits per heavy atom. The van der Waals surface area contributed by atoms with Crippen molar-refractivity contribution in [2.45, 2.75) is 38.7 Å². The summed E-state index contributed by atoms with van der Waals surface area (Å²) < 4.78 is 10.9. The van der Waals surface area contributed by atoms with Gasteiger partial charge in [0, 0.05) is 37.7 Å². The number of aryl methyl sites for hydroxylation is 1. The van der Waals surface area contributed by atoms with Crippen molar-refractivity contribution in [2.75, 3.05) is 19.7 Å². The SMILES string of the molecule is CC(C)c1noc(CCC(=O)N2CCO[C@@H](c3cnccn3)C2)n1. The van der Waals surface area contributed by atoms with Crippen LogP contribution in [0.4, 0.5) is 0 Å². The van der Waals surface area contributed by atoms with Crippen molar-refractivity contribution >= 4 is 5.91 Å². The first-order valence-corrected chi connectivity index (χ1v) is 8.11. The van der Waals surface area contributed by atoms with E-state index < -0.39 is 0 Å². The largest absolute Gasteiger partial charge is 0.368 e.